The van der Waals surface area contributed by atoms with Gasteiger partial charge in [-0.1, -0.05) is 51.8 Å². The topological polar surface area (TPSA) is 50.1 Å². The van der Waals surface area contributed by atoms with Crippen LogP contribution in [0.15, 0.2) is 11.1 Å². The van der Waals surface area contributed by atoms with Gasteiger partial charge < -0.3 is 4.74 Å². The number of allylic oxidation sites excluding steroid dienone is 1. The molecular weight excluding hydrogens is 442 g/mol. The van der Waals surface area contributed by atoms with Crippen molar-refractivity contribution in [1.29, 1.82) is 5.26 Å². The molecule has 1 saturated heterocycles. The van der Waals surface area contributed by atoms with Crippen LogP contribution in [0.2, 0.25) is 0 Å². The van der Waals surface area contributed by atoms with Crippen LogP contribution >= 0.6 is 11.6 Å². The number of fused-ring (bicyclic) bond motifs is 3. The van der Waals surface area contributed by atoms with E-state index in [4.69, 9.17) is 16.3 Å². The number of carbonyl (C=O) groups is 1. The molecule has 5 fully saturated rings. The Balaban J connectivity index is 1.57. The third-order valence-corrected chi connectivity index (χ3v) is 13.2. The summed E-state index contributed by atoms with van der Waals surface area (Å²) in [6.07, 6.45) is 10.6. The minimum Gasteiger partial charge on any atom is -0.461 e. The van der Waals surface area contributed by atoms with Gasteiger partial charge in [-0.15, -0.1) is 0 Å². The van der Waals surface area contributed by atoms with Crippen molar-refractivity contribution in [3.63, 3.8) is 0 Å². The van der Waals surface area contributed by atoms with Gasteiger partial charge >= 0.3 is 5.97 Å². The average Bonchev–Trinajstić information content (AvgIpc) is 3.05. The summed E-state index contributed by atoms with van der Waals surface area (Å²) in [5.74, 6) is 2.04. The van der Waals surface area contributed by atoms with Gasteiger partial charge in [-0.3, -0.25) is 4.79 Å². The molecule has 0 spiro atoms. The summed E-state index contributed by atoms with van der Waals surface area (Å²) in [5.41, 5.74) is 3.39. The van der Waals surface area contributed by atoms with E-state index in [0.29, 0.717) is 30.1 Å². The summed E-state index contributed by atoms with van der Waals surface area (Å²) in [6.45, 7) is 14.5. The Morgan fingerprint density at radius 1 is 1.06 bits per heavy atom. The highest BCUT2D eigenvalue weighted by molar-refractivity contribution is 6.25. The van der Waals surface area contributed by atoms with Crippen molar-refractivity contribution in [3.05, 3.63) is 11.1 Å². The summed E-state index contributed by atoms with van der Waals surface area (Å²) in [5, 5.41) is 9.52. The Bertz CT molecular complexity index is 950. The molecule has 0 radical (unpaired) electrons. The second-order valence-corrected chi connectivity index (χ2v) is 14.4. The number of hydrogen-bond acceptors (Lipinski definition) is 3. The smallest absolute Gasteiger partial charge is 0.312 e. The molecule has 3 nitrogen and oxygen atoms in total. The number of carbonyl (C=O) groups excluding carboxylic acids is 1. The van der Waals surface area contributed by atoms with Gasteiger partial charge in [0.2, 0.25) is 0 Å². The van der Waals surface area contributed by atoms with Crippen molar-refractivity contribution in [1.82, 2.24) is 0 Å². The summed E-state index contributed by atoms with van der Waals surface area (Å²) in [4.78, 5) is 13.3. The van der Waals surface area contributed by atoms with E-state index < -0.39 is 0 Å². The lowest BCUT2D eigenvalue weighted by atomic mass is 9.33. The second kappa shape index (κ2) is 7.74. The van der Waals surface area contributed by atoms with Crippen molar-refractivity contribution in [2.75, 3.05) is 0 Å². The molecule has 0 unspecified atom stereocenters. The zero-order valence-corrected chi connectivity index (χ0v) is 22.9. The van der Waals surface area contributed by atoms with Gasteiger partial charge in [-0.2, -0.15) is 5.26 Å². The van der Waals surface area contributed by atoms with Gasteiger partial charge in [0.25, 0.3) is 0 Å². The predicted molar refractivity (Wildman–Crippen MR) is 136 cm³/mol. The number of halogens is 1. The Morgan fingerprint density at radius 3 is 2.44 bits per heavy atom. The molecule has 188 valence electrons. The standard InChI is InChI=1S/C30H44ClNO2/c1-19(18-31)20-10-12-29(6)22(27(20,4)11-7-17-32)9-8-21-23-24-26(2,3)13-15-30(23,25(33)34-24)16-14-28(21,29)5/h18,20-24H,7-16H2,1-6H3/b19-18+/t20-,21+,22+,23-,24+,27-,28+,29+,30-/m0/s1. The molecule has 0 aromatic heterocycles. The predicted octanol–water partition coefficient (Wildman–Crippen LogP) is 8.03. The first kappa shape index (κ1) is 24.7. The fourth-order valence-electron chi connectivity index (χ4n) is 10.7. The highest BCUT2D eigenvalue weighted by atomic mass is 35.5. The minimum absolute atomic E-state index is 0.0670. The van der Waals surface area contributed by atoms with Crippen molar-refractivity contribution in [2.45, 2.75) is 112 Å². The average molecular weight is 486 g/mol. The largest absolute Gasteiger partial charge is 0.461 e. The number of rotatable bonds is 3. The molecule has 4 aliphatic carbocycles. The fraction of sp³-hybridized carbons (Fsp3) is 0.867. The van der Waals surface area contributed by atoms with E-state index in [9.17, 15) is 10.1 Å². The van der Waals surface area contributed by atoms with E-state index in [2.05, 4.69) is 47.6 Å². The monoisotopic (exact) mass is 485 g/mol. The van der Waals surface area contributed by atoms with Gasteiger partial charge in [-0.05, 0) is 98.7 Å². The molecule has 1 aliphatic heterocycles. The molecule has 5 rings (SSSR count). The van der Waals surface area contributed by atoms with E-state index in [1.54, 1.807) is 5.54 Å². The molecule has 0 aromatic rings. The molecule has 5 aliphatic rings. The van der Waals surface area contributed by atoms with E-state index in [0.717, 1.165) is 38.5 Å². The maximum atomic E-state index is 13.3. The first-order chi connectivity index (χ1) is 15.9. The zero-order valence-electron chi connectivity index (χ0n) is 22.2. The molecule has 0 aromatic carbocycles. The summed E-state index contributed by atoms with van der Waals surface area (Å²) in [6, 6.07) is 2.46. The SMILES string of the molecule is C/C(=C\Cl)[C@@H]1CC[C@]2(C)[C@H](CC[C@@H]3[C@H]4[C@H]5OC(=O)[C@@]4(CCC5(C)C)CC[C@]32C)[C@@]1(C)CCC#N. The molecule has 34 heavy (non-hydrogen) atoms. The van der Waals surface area contributed by atoms with Crippen LogP contribution < -0.4 is 0 Å². The van der Waals surface area contributed by atoms with E-state index >= 15 is 0 Å². The lowest BCUT2D eigenvalue weighted by molar-refractivity contribution is -0.224. The van der Waals surface area contributed by atoms with E-state index in [-0.39, 0.29) is 39.1 Å². The second-order valence-electron chi connectivity index (χ2n) is 14.2. The summed E-state index contributed by atoms with van der Waals surface area (Å²) < 4.78 is 6.26. The van der Waals surface area contributed by atoms with Crippen LogP contribution in [0.5, 0.6) is 0 Å². The van der Waals surface area contributed by atoms with Crippen LogP contribution in [0.3, 0.4) is 0 Å². The highest BCUT2D eigenvalue weighted by Crippen LogP contribution is 2.77. The molecular formula is C30H44ClNO2. The summed E-state index contributed by atoms with van der Waals surface area (Å²) in [7, 11) is 0. The number of ether oxygens (including phenoxy) is 1. The van der Waals surface area contributed by atoms with Crippen molar-refractivity contribution in [3.8, 4) is 6.07 Å². The Morgan fingerprint density at radius 2 is 1.76 bits per heavy atom. The Hall–Kier alpha value is -1.01. The van der Waals surface area contributed by atoms with Gasteiger partial charge in [0.05, 0.1) is 11.5 Å². The Kier molecular flexibility index (Phi) is 5.62. The van der Waals surface area contributed by atoms with Gasteiger partial charge in [0, 0.05) is 23.3 Å². The highest BCUT2D eigenvalue weighted by Gasteiger charge is 2.74. The molecule has 4 heteroatoms. The van der Waals surface area contributed by atoms with Crippen LogP contribution in [0.1, 0.15) is 106 Å². The third-order valence-electron chi connectivity index (χ3n) is 12.8. The first-order valence-corrected chi connectivity index (χ1v) is 14.2. The van der Waals surface area contributed by atoms with Crippen LogP contribution in [0.25, 0.3) is 0 Å². The summed E-state index contributed by atoms with van der Waals surface area (Å²) >= 11 is 6.28. The quantitative estimate of drug-likeness (QED) is 0.380. The Labute approximate surface area is 212 Å². The van der Waals surface area contributed by atoms with Crippen molar-refractivity contribution in [2.24, 2.45) is 50.7 Å². The molecule has 0 N–H and O–H groups in total. The molecule has 2 bridgehead atoms. The van der Waals surface area contributed by atoms with Crippen molar-refractivity contribution < 1.29 is 9.53 Å². The van der Waals surface area contributed by atoms with Crippen LogP contribution in [-0.2, 0) is 9.53 Å². The number of nitriles is 1. The van der Waals surface area contributed by atoms with Crippen molar-refractivity contribution >= 4 is 17.6 Å². The molecule has 9 atom stereocenters. The lowest BCUT2D eigenvalue weighted by Gasteiger charge is -2.71. The number of nitrogens with zero attached hydrogens (tertiary/aromatic N) is 1. The maximum Gasteiger partial charge on any atom is 0.312 e. The lowest BCUT2D eigenvalue weighted by Crippen LogP contribution is -2.66. The number of esters is 1. The first-order valence-electron chi connectivity index (χ1n) is 13.8. The van der Waals surface area contributed by atoms with Crippen LogP contribution in [-0.4, -0.2) is 12.1 Å². The minimum atomic E-state index is -0.229. The van der Waals surface area contributed by atoms with E-state index in [1.807, 2.05) is 0 Å². The maximum absolute atomic E-state index is 13.3. The molecule has 0 amide bonds. The van der Waals surface area contributed by atoms with Crippen LogP contribution in [0.4, 0.5) is 0 Å². The van der Waals surface area contributed by atoms with E-state index in [1.165, 1.54) is 24.8 Å². The van der Waals surface area contributed by atoms with Gasteiger partial charge in [0.1, 0.15) is 6.10 Å². The normalized spacial score (nSPS) is 51.5. The molecule has 1 heterocycles. The zero-order chi connectivity index (χ0) is 24.7. The molecule has 4 saturated carbocycles. The van der Waals surface area contributed by atoms with Gasteiger partial charge in [-0.25, -0.2) is 0 Å². The van der Waals surface area contributed by atoms with Gasteiger partial charge in [0.15, 0.2) is 0 Å². The fourth-order valence-corrected chi connectivity index (χ4v) is 10.8. The number of hydrogen-bond donors (Lipinski definition) is 0. The van der Waals surface area contributed by atoms with Crippen LogP contribution in [0, 0.1) is 62.1 Å². The third kappa shape index (κ3) is 2.90.